The van der Waals surface area contributed by atoms with Gasteiger partial charge in [0.05, 0.1) is 39.4 Å². The molecule has 45 heavy (non-hydrogen) atoms. The van der Waals surface area contributed by atoms with Crippen molar-refractivity contribution in [1.82, 2.24) is 9.21 Å². The SMILES string of the molecule is CC[C@H]1CN2CCc3cc(OC)c(OC)cc3[C@@H]2C[C@H]1C[C@@H]1c2cc(OC)c(OC)cc2CCN1S(=O)(=O)c1ccc(C)cc1. The predicted molar refractivity (Wildman–Crippen MR) is 175 cm³/mol. The molecule has 3 heterocycles. The number of methoxy groups -OCH3 is 4. The molecule has 1 fully saturated rings. The van der Waals surface area contributed by atoms with E-state index in [9.17, 15) is 8.42 Å². The minimum atomic E-state index is -3.75. The summed E-state index contributed by atoms with van der Waals surface area (Å²) in [5.74, 6) is 3.59. The van der Waals surface area contributed by atoms with E-state index in [1.165, 1.54) is 11.1 Å². The van der Waals surface area contributed by atoms with Crippen molar-refractivity contribution in [1.29, 1.82) is 0 Å². The molecule has 3 aliphatic heterocycles. The summed E-state index contributed by atoms with van der Waals surface area (Å²) in [6.45, 7) is 6.67. The molecular formula is C36H46N2O6S. The molecule has 3 aliphatic rings. The molecule has 0 spiro atoms. The van der Waals surface area contributed by atoms with E-state index >= 15 is 0 Å². The first-order valence-electron chi connectivity index (χ1n) is 16.0. The highest BCUT2D eigenvalue weighted by molar-refractivity contribution is 7.89. The number of ether oxygens (including phenoxy) is 4. The zero-order valence-corrected chi connectivity index (χ0v) is 28.2. The topological polar surface area (TPSA) is 77.5 Å². The monoisotopic (exact) mass is 634 g/mol. The molecule has 0 saturated carbocycles. The number of rotatable bonds is 9. The zero-order valence-electron chi connectivity index (χ0n) is 27.3. The molecule has 0 amide bonds. The van der Waals surface area contributed by atoms with Crippen LogP contribution in [0.1, 0.15) is 66.1 Å². The number of benzene rings is 3. The van der Waals surface area contributed by atoms with Crippen LogP contribution in [0.3, 0.4) is 0 Å². The fourth-order valence-corrected chi connectivity index (χ4v) is 9.54. The molecule has 0 N–H and O–H groups in total. The van der Waals surface area contributed by atoms with Gasteiger partial charge in [0.1, 0.15) is 0 Å². The Kier molecular flexibility index (Phi) is 9.05. The maximum absolute atomic E-state index is 14.3. The van der Waals surface area contributed by atoms with Crippen LogP contribution < -0.4 is 18.9 Å². The standard InChI is InChI=1S/C36H46N2O6S/c1-7-24-22-37-14-12-25-18-33(41-3)35(43-5)20-29(25)31(37)16-27(24)17-32-30-21-36(44-6)34(42-4)19-26(30)13-15-38(32)45(39,40)28-10-8-23(2)9-11-28/h8-11,18-21,24,27,31-32H,7,12-17,22H2,1-6H3/t24-,27-,31-,32+/m0/s1. The number of piperidine rings is 1. The summed E-state index contributed by atoms with van der Waals surface area (Å²) in [7, 11) is 2.90. The van der Waals surface area contributed by atoms with Gasteiger partial charge in [0.25, 0.3) is 0 Å². The van der Waals surface area contributed by atoms with Crippen molar-refractivity contribution in [2.75, 3.05) is 48.1 Å². The number of nitrogens with zero attached hydrogens (tertiary/aromatic N) is 2. The van der Waals surface area contributed by atoms with Crippen molar-refractivity contribution >= 4 is 10.0 Å². The van der Waals surface area contributed by atoms with Gasteiger partial charge in [0, 0.05) is 25.7 Å². The lowest BCUT2D eigenvalue weighted by atomic mass is 9.72. The maximum Gasteiger partial charge on any atom is 0.243 e. The lowest BCUT2D eigenvalue weighted by Crippen LogP contribution is -2.47. The first-order chi connectivity index (χ1) is 21.7. The average molecular weight is 635 g/mol. The Labute approximate surface area is 268 Å². The molecule has 242 valence electrons. The second-order valence-corrected chi connectivity index (χ2v) is 14.6. The molecule has 0 radical (unpaired) electrons. The Morgan fingerprint density at radius 2 is 1.31 bits per heavy atom. The van der Waals surface area contributed by atoms with E-state index in [0.717, 1.165) is 67.0 Å². The van der Waals surface area contributed by atoms with Crippen molar-refractivity contribution in [3.8, 4) is 23.0 Å². The minimum absolute atomic E-state index is 0.247. The van der Waals surface area contributed by atoms with E-state index in [0.29, 0.717) is 41.2 Å². The van der Waals surface area contributed by atoms with Crippen molar-refractivity contribution in [3.05, 3.63) is 76.3 Å². The summed E-state index contributed by atoms with van der Waals surface area (Å²) in [6, 6.07) is 15.5. The van der Waals surface area contributed by atoms with E-state index in [2.05, 4.69) is 24.0 Å². The van der Waals surface area contributed by atoms with Crippen LogP contribution in [0.15, 0.2) is 53.4 Å². The Balaban J connectivity index is 1.41. The number of hydrogen-bond donors (Lipinski definition) is 0. The fraction of sp³-hybridized carbons (Fsp3) is 0.500. The van der Waals surface area contributed by atoms with Gasteiger partial charge in [-0.3, -0.25) is 4.90 Å². The Hall–Kier alpha value is -3.27. The summed E-state index contributed by atoms with van der Waals surface area (Å²) in [5, 5.41) is 0. The van der Waals surface area contributed by atoms with Crippen LogP contribution in [0.2, 0.25) is 0 Å². The highest BCUT2D eigenvalue weighted by Crippen LogP contribution is 2.50. The van der Waals surface area contributed by atoms with Gasteiger partial charge in [-0.2, -0.15) is 4.31 Å². The maximum atomic E-state index is 14.3. The van der Waals surface area contributed by atoms with E-state index < -0.39 is 10.0 Å². The Morgan fingerprint density at radius 3 is 1.91 bits per heavy atom. The van der Waals surface area contributed by atoms with Crippen molar-refractivity contribution in [3.63, 3.8) is 0 Å². The molecule has 6 rings (SSSR count). The van der Waals surface area contributed by atoms with Gasteiger partial charge < -0.3 is 18.9 Å². The summed E-state index contributed by atoms with van der Waals surface area (Å²) in [4.78, 5) is 2.97. The van der Waals surface area contributed by atoms with Crippen LogP contribution >= 0.6 is 0 Å². The van der Waals surface area contributed by atoms with Crippen LogP contribution in [0.5, 0.6) is 23.0 Å². The van der Waals surface area contributed by atoms with Gasteiger partial charge in [-0.15, -0.1) is 0 Å². The van der Waals surface area contributed by atoms with Crippen LogP contribution in [0.25, 0.3) is 0 Å². The number of fused-ring (bicyclic) bond motifs is 4. The molecule has 1 saturated heterocycles. The van der Waals surface area contributed by atoms with Crippen LogP contribution in [-0.2, 0) is 22.9 Å². The van der Waals surface area contributed by atoms with E-state index in [1.54, 1.807) is 44.9 Å². The molecule has 9 heteroatoms. The van der Waals surface area contributed by atoms with Gasteiger partial charge in [-0.25, -0.2) is 8.42 Å². The summed E-state index contributed by atoms with van der Waals surface area (Å²) in [5.41, 5.74) is 5.79. The minimum Gasteiger partial charge on any atom is -0.493 e. The smallest absolute Gasteiger partial charge is 0.243 e. The normalized spacial score (nSPS) is 23.4. The highest BCUT2D eigenvalue weighted by Gasteiger charge is 2.43. The van der Waals surface area contributed by atoms with Gasteiger partial charge in [0.15, 0.2) is 23.0 Å². The number of aryl methyl sites for hydroxylation is 1. The molecule has 0 bridgehead atoms. The Bertz CT molecular complexity index is 1640. The lowest BCUT2D eigenvalue weighted by Gasteiger charge is -2.49. The highest BCUT2D eigenvalue weighted by atomic mass is 32.2. The largest absolute Gasteiger partial charge is 0.493 e. The van der Waals surface area contributed by atoms with Crippen LogP contribution in [0, 0.1) is 18.8 Å². The second kappa shape index (κ2) is 12.9. The molecular weight excluding hydrogens is 588 g/mol. The molecule has 3 aromatic rings. The molecule has 8 nitrogen and oxygen atoms in total. The zero-order chi connectivity index (χ0) is 31.9. The average Bonchev–Trinajstić information content (AvgIpc) is 3.06. The molecule has 4 atom stereocenters. The fourth-order valence-electron chi connectivity index (χ4n) is 7.93. The predicted octanol–water partition coefficient (Wildman–Crippen LogP) is 6.35. The van der Waals surface area contributed by atoms with Crippen molar-refractivity contribution in [2.45, 2.75) is 62.9 Å². The van der Waals surface area contributed by atoms with Crippen LogP contribution in [0.4, 0.5) is 0 Å². The molecule has 3 aromatic carbocycles. The number of sulfonamides is 1. The molecule has 0 aromatic heterocycles. The van der Waals surface area contributed by atoms with E-state index in [-0.39, 0.29) is 12.1 Å². The number of hydrogen-bond acceptors (Lipinski definition) is 7. The first kappa shape index (κ1) is 31.7. The molecule has 0 aliphatic carbocycles. The second-order valence-electron chi connectivity index (χ2n) is 12.7. The Morgan fingerprint density at radius 1 is 0.756 bits per heavy atom. The van der Waals surface area contributed by atoms with Gasteiger partial charge in [-0.1, -0.05) is 31.0 Å². The summed E-state index contributed by atoms with van der Waals surface area (Å²) < 4.78 is 53.2. The quantitative estimate of drug-likeness (QED) is 0.271. The van der Waals surface area contributed by atoms with Gasteiger partial charge in [-0.05, 0) is 103 Å². The van der Waals surface area contributed by atoms with Gasteiger partial charge in [0.2, 0.25) is 10.0 Å². The first-order valence-corrected chi connectivity index (χ1v) is 17.5. The molecule has 0 unspecified atom stereocenters. The van der Waals surface area contributed by atoms with Gasteiger partial charge >= 0.3 is 0 Å². The summed E-state index contributed by atoms with van der Waals surface area (Å²) >= 11 is 0. The lowest BCUT2D eigenvalue weighted by molar-refractivity contribution is 0.0386. The van der Waals surface area contributed by atoms with Crippen molar-refractivity contribution in [2.24, 2.45) is 11.8 Å². The van der Waals surface area contributed by atoms with E-state index in [4.69, 9.17) is 18.9 Å². The van der Waals surface area contributed by atoms with Crippen LogP contribution in [-0.4, -0.2) is 65.7 Å². The summed E-state index contributed by atoms with van der Waals surface area (Å²) in [6.07, 6.45) is 4.33. The van der Waals surface area contributed by atoms with Crippen molar-refractivity contribution < 1.29 is 27.4 Å². The van der Waals surface area contributed by atoms with E-state index in [1.807, 2.05) is 31.2 Å². The third-order valence-corrected chi connectivity index (χ3v) is 12.3. The third kappa shape index (κ3) is 5.79. The third-order valence-electron chi connectivity index (χ3n) is 10.4.